The molecule has 0 N–H and O–H groups in total. The predicted molar refractivity (Wildman–Crippen MR) is 71.5 cm³/mol. The van der Waals surface area contributed by atoms with Crippen molar-refractivity contribution in [2.24, 2.45) is 0 Å². The molecular formula is C15H13KOSi. The molecule has 0 heterocycles. The fourth-order valence-electron chi connectivity index (χ4n) is 1.96. The van der Waals surface area contributed by atoms with E-state index >= 15 is 0 Å². The molecule has 1 nitrogen and oxygen atoms in total. The number of hydrogen-bond acceptors (Lipinski definition) is 1. The first-order valence-electron chi connectivity index (χ1n) is 5.53. The van der Waals surface area contributed by atoms with E-state index in [0.717, 1.165) is 0 Å². The maximum atomic E-state index is 10.8. The van der Waals surface area contributed by atoms with Crippen LogP contribution in [-0.4, -0.2) is 8.07 Å². The van der Waals surface area contributed by atoms with Crippen molar-refractivity contribution in [3.63, 3.8) is 0 Å². The third kappa shape index (κ3) is 3.35. The van der Waals surface area contributed by atoms with Crippen LogP contribution in [0, 0.1) is 11.7 Å². The molecule has 18 heavy (non-hydrogen) atoms. The zero-order valence-electron chi connectivity index (χ0n) is 10.7. The van der Waals surface area contributed by atoms with E-state index < -0.39 is 8.07 Å². The quantitative estimate of drug-likeness (QED) is 0.449. The Morgan fingerprint density at radius 3 is 1.56 bits per heavy atom. The number of hydrogen-bond donors (Lipinski definition) is 0. The van der Waals surface area contributed by atoms with Gasteiger partial charge in [0.1, 0.15) is 0 Å². The zero-order valence-corrected chi connectivity index (χ0v) is 14.8. The topological polar surface area (TPSA) is 23.1 Å². The monoisotopic (exact) mass is 276 g/mol. The molecule has 2 aromatic carbocycles. The average Bonchev–Trinajstić information content (AvgIpc) is 2.41. The Balaban J connectivity index is 0.00000162. The molecule has 3 heteroatoms. The fraction of sp³-hybridized carbons (Fsp3) is 0.0667. The summed E-state index contributed by atoms with van der Waals surface area (Å²) in [6.07, 6.45) is 1.87. The summed E-state index contributed by atoms with van der Waals surface area (Å²) in [6, 6.07) is 20.2. The van der Waals surface area contributed by atoms with Gasteiger partial charge in [-0.3, -0.25) is 0 Å². The van der Waals surface area contributed by atoms with E-state index in [1.54, 1.807) is 0 Å². The Bertz CT molecular complexity index is 503. The molecule has 0 atom stereocenters. The smallest absolute Gasteiger partial charge is 0.833 e. The Morgan fingerprint density at radius 1 is 0.833 bits per heavy atom. The first-order chi connectivity index (χ1) is 8.27. The van der Waals surface area contributed by atoms with Gasteiger partial charge < -0.3 is 5.11 Å². The molecule has 2 rings (SSSR count). The van der Waals surface area contributed by atoms with E-state index in [-0.39, 0.29) is 51.4 Å². The Kier molecular flexibility index (Phi) is 6.37. The van der Waals surface area contributed by atoms with Crippen molar-refractivity contribution in [3.05, 3.63) is 60.7 Å². The van der Waals surface area contributed by atoms with E-state index in [9.17, 15) is 5.11 Å². The predicted octanol–water partition coefficient (Wildman–Crippen LogP) is -2.26. The van der Waals surface area contributed by atoms with Crippen LogP contribution in [-0.2, 0) is 0 Å². The molecule has 0 amide bonds. The van der Waals surface area contributed by atoms with E-state index in [1.807, 2.05) is 42.5 Å². The first kappa shape index (κ1) is 15.7. The van der Waals surface area contributed by atoms with Crippen LogP contribution < -0.4 is 66.9 Å². The second-order valence-corrected chi connectivity index (χ2v) is 7.74. The standard InChI is InChI=1S/C15H14OSi.K/c1-17(13-12-16,14-8-4-2-5-9-14)15-10-6-3-7-11-15;/h2-11,16H,1H3;/q;+1/p-1. The van der Waals surface area contributed by atoms with Crippen molar-refractivity contribution in [3.8, 4) is 11.7 Å². The molecule has 2 aromatic rings. The normalized spacial score (nSPS) is 9.83. The average molecular weight is 276 g/mol. The Morgan fingerprint density at radius 2 is 1.22 bits per heavy atom. The fourth-order valence-corrected chi connectivity index (χ4v) is 4.50. The van der Waals surface area contributed by atoms with Crippen molar-refractivity contribution < 1.29 is 56.5 Å². The van der Waals surface area contributed by atoms with Crippen LogP contribution in [0.25, 0.3) is 0 Å². The van der Waals surface area contributed by atoms with Crippen LogP contribution in [0.3, 0.4) is 0 Å². The Labute approximate surface area is 152 Å². The van der Waals surface area contributed by atoms with Crippen molar-refractivity contribution in [2.45, 2.75) is 6.55 Å². The van der Waals surface area contributed by atoms with Crippen LogP contribution in [0.1, 0.15) is 0 Å². The van der Waals surface area contributed by atoms with Crippen LogP contribution in [0.5, 0.6) is 0 Å². The molecular weight excluding hydrogens is 263 g/mol. The molecule has 0 aromatic heterocycles. The SMILES string of the molecule is C[Si](C#C[O-])(c1ccccc1)c1ccccc1.[K+]. The van der Waals surface area contributed by atoms with Gasteiger partial charge in [0, 0.05) is 0 Å². The molecule has 0 unspecified atom stereocenters. The molecule has 0 spiro atoms. The summed E-state index contributed by atoms with van der Waals surface area (Å²) in [4.78, 5) is 0. The summed E-state index contributed by atoms with van der Waals surface area (Å²) < 4.78 is 0. The van der Waals surface area contributed by atoms with Gasteiger partial charge in [-0.05, 0) is 10.4 Å². The largest absolute Gasteiger partial charge is 1.00 e. The van der Waals surface area contributed by atoms with Gasteiger partial charge in [0.05, 0.1) is 0 Å². The molecule has 84 valence electrons. The number of benzene rings is 2. The minimum atomic E-state index is -2.18. The van der Waals surface area contributed by atoms with Crippen molar-refractivity contribution in [1.29, 1.82) is 0 Å². The van der Waals surface area contributed by atoms with Gasteiger partial charge in [0.15, 0.2) is 8.07 Å². The van der Waals surface area contributed by atoms with E-state index in [2.05, 4.69) is 36.4 Å². The van der Waals surface area contributed by atoms with Crippen molar-refractivity contribution in [2.75, 3.05) is 0 Å². The van der Waals surface area contributed by atoms with Gasteiger partial charge >= 0.3 is 51.4 Å². The molecule has 0 radical (unpaired) electrons. The maximum Gasteiger partial charge on any atom is 1.00 e. The van der Waals surface area contributed by atoms with Gasteiger partial charge in [-0.1, -0.05) is 67.2 Å². The van der Waals surface area contributed by atoms with E-state index in [0.29, 0.717) is 0 Å². The molecule has 0 aliphatic carbocycles. The summed E-state index contributed by atoms with van der Waals surface area (Å²) in [5, 5.41) is 13.1. The second-order valence-electron chi connectivity index (χ2n) is 4.08. The summed E-state index contributed by atoms with van der Waals surface area (Å²) in [5.41, 5.74) is 2.92. The van der Waals surface area contributed by atoms with Gasteiger partial charge in [-0.25, -0.2) is 0 Å². The Hall–Kier alpha value is -0.347. The minimum absolute atomic E-state index is 0. The summed E-state index contributed by atoms with van der Waals surface area (Å²) in [6.45, 7) is 2.11. The van der Waals surface area contributed by atoms with E-state index in [1.165, 1.54) is 10.4 Å². The third-order valence-corrected chi connectivity index (χ3v) is 6.58. The van der Waals surface area contributed by atoms with Crippen LogP contribution in [0.4, 0.5) is 0 Å². The summed E-state index contributed by atoms with van der Waals surface area (Å²) in [5.74, 6) is 0. The summed E-state index contributed by atoms with van der Waals surface area (Å²) >= 11 is 0. The molecule has 0 saturated carbocycles. The van der Waals surface area contributed by atoms with Crippen LogP contribution >= 0.6 is 0 Å². The van der Waals surface area contributed by atoms with Crippen molar-refractivity contribution in [1.82, 2.24) is 0 Å². The van der Waals surface area contributed by atoms with Gasteiger partial charge in [0.25, 0.3) is 0 Å². The molecule has 0 saturated heterocycles. The molecule has 0 bridgehead atoms. The van der Waals surface area contributed by atoms with Crippen LogP contribution in [0.2, 0.25) is 6.55 Å². The zero-order chi connectivity index (χ0) is 12.1. The van der Waals surface area contributed by atoms with Gasteiger partial charge in [-0.15, -0.1) is 5.54 Å². The number of rotatable bonds is 2. The third-order valence-electron chi connectivity index (χ3n) is 3.00. The summed E-state index contributed by atoms with van der Waals surface area (Å²) in [7, 11) is -2.18. The van der Waals surface area contributed by atoms with E-state index in [4.69, 9.17) is 0 Å². The maximum absolute atomic E-state index is 10.8. The van der Waals surface area contributed by atoms with Crippen molar-refractivity contribution >= 4 is 18.4 Å². The molecule has 0 fully saturated rings. The molecule has 0 aliphatic rings. The second kappa shape index (κ2) is 7.29. The van der Waals surface area contributed by atoms with Gasteiger partial charge in [0.2, 0.25) is 0 Å². The first-order valence-corrected chi connectivity index (χ1v) is 8.03. The van der Waals surface area contributed by atoms with Crippen LogP contribution in [0.15, 0.2) is 60.7 Å². The minimum Gasteiger partial charge on any atom is -0.833 e. The molecule has 0 aliphatic heterocycles. The van der Waals surface area contributed by atoms with Gasteiger partial charge in [-0.2, -0.15) is 6.11 Å².